The first-order chi connectivity index (χ1) is 10.3. The van der Waals surface area contributed by atoms with Gasteiger partial charge in [0.05, 0.1) is 11.2 Å². The van der Waals surface area contributed by atoms with E-state index >= 15 is 0 Å². The van der Waals surface area contributed by atoms with Crippen LogP contribution < -0.4 is 0 Å². The third-order valence-corrected chi connectivity index (χ3v) is 4.02. The molecular formula is C19H38O4. The van der Waals surface area contributed by atoms with Crippen molar-refractivity contribution < 1.29 is 19.6 Å². The Hall–Kier alpha value is -0.160. The van der Waals surface area contributed by atoms with Gasteiger partial charge in [0.25, 0.3) is 0 Å². The van der Waals surface area contributed by atoms with Crippen molar-refractivity contribution in [2.45, 2.75) is 111 Å². The van der Waals surface area contributed by atoms with Crippen LogP contribution in [0.2, 0.25) is 0 Å². The fraction of sp³-hybridized carbons (Fsp3) is 1.00. The smallest absolute Gasteiger partial charge is 0.228 e. The van der Waals surface area contributed by atoms with E-state index in [-0.39, 0.29) is 16.6 Å². The Kier molecular flexibility index (Phi) is 6.70. The van der Waals surface area contributed by atoms with E-state index in [2.05, 4.69) is 27.7 Å². The zero-order chi connectivity index (χ0) is 17.9. The molecule has 4 nitrogen and oxygen atoms in total. The lowest BCUT2D eigenvalue weighted by Gasteiger charge is -2.46. The zero-order valence-electron chi connectivity index (χ0n) is 16.7. The monoisotopic (exact) mass is 330 g/mol. The Balaban J connectivity index is 2.88. The quantitative estimate of drug-likeness (QED) is 0.336. The molecule has 2 atom stereocenters. The van der Waals surface area contributed by atoms with Crippen LogP contribution in [0.3, 0.4) is 0 Å². The number of hydrogen-bond acceptors (Lipinski definition) is 4. The van der Waals surface area contributed by atoms with Gasteiger partial charge >= 0.3 is 0 Å². The van der Waals surface area contributed by atoms with Gasteiger partial charge in [-0.2, -0.15) is 9.78 Å². The van der Waals surface area contributed by atoms with Crippen LogP contribution in [0.4, 0.5) is 0 Å². The van der Waals surface area contributed by atoms with Gasteiger partial charge in [-0.1, -0.05) is 34.1 Å². The lowest BCUT2D eigenvalue weighted by molar-refractivity contribution is -0.552. The van der Waals surface area contributed by atoms with E-state index in [1.807, 2.05) is 34.6 Å². The highest BCUT2D eigenvalue weighted by Gasteiger charge is 2.48. The second kappa shape index (κ2) is 7.38. The predicted octanol–water partition coefficient (Wildman–Crippen LogP) is 5.80. The third-order valence-electron chi connectivity index (χ3n) is 4.02. The van der Waals surface area contributed by atoms with Gasteiger partial charge in [-0.3, -0.25) is 0 Å². The molecule has 0 amide bonds. The lowest BCUT2D eigenvalue weighted by atomic mass is 9.70. The van der Waals surface area contributed by atoms with E-state index in [1.165, 1.54) is 0 Å². The Morgan fingerprint density at radius 1 is 0.957 bits per heavy atom. The van der Waals surface area contributed by atoms with Crippen LogP contribution in [0.25, 0.3) is 0 Å². The molecule has 0 radical (unpaired) electrons. The summed E-state index contributed by atoms with van der Waals surface area (Å²) in [6.07, 6.45) is 4.65. The van der Waals surface area contributed by atoms with E-state index in [0.717, 1.165) is 32.1 Å². The maximum Gasteiger partial charge on any atom is 0.234 e. The predicted molar refractivity (Wildman–Crippen MR) is 92.6 cm³/mol. The summed E-state index contributed by atoms with van der Waals surface area (Å²) in [7, 11) is 0. The minimum absolute atomic E-state index is 0.122. The highest BCUT2D eigenvalue weighted by Crippen LogP contribution is 2.47. The van der Waals surface area contributed by atoms with Crippen molar-refractivity contribution in [2.75, 3.05) is 0 Å². The van der Waals surface area contributed by atoms with Gasteiger partial charge in [0.2, 0.25) is 5.79 Å². The van der Waals surface area contributed by atoms with Crippen molar-refractivity contribution in [1.29, 1.82) is 0 Å². The Bertz CT molecular complexity index is 370. The minimum atomic E-state index is -0.848. The average molecular weight is 331 g/mol. The summed E-state index contributed by atoms with van der Waals surface area (Å²) in [5, 5.41) is 0. The van der Waals surface area contributed by atoms with Crippen molar-refractivity contribution in [3.05, 3.63) is 0 Å². The molecule has 0 aromatic carbocycles. The summed E-state index contributed by atoms with van der Waals surface area (Å²) in [6.45, 7) is 18.9. The van der Waals surface area contributed by atoms with Gasteiger partial charge in [0.15, 0.2) is 0 Å². The minimum Gasteiger partial charge on any atom is -0.228 e. The first kappa shape index (κ1) is 20.9. The Morgan fingerprint density at radius 2 is 1.52 bits per heavy atom. The first-order valence-corrected chi connectivity index (χ1v) is 9.02. The second-order valence-corrected chi connectivity index (χ2v) is 9.72. The summed E-state index contributed by atoms with van der Waals surface area (Å²) in [5.74, 6) is -0.361. The van der Waals surface area contributed by atoms with Crippen LogP contribution in [0.1, 0.15) is 94.4 Å². The van der Waals surface area contributed by atoms with Gasteiger partial charge < -0.3 is 0 Å². The fourth-order valence-electron chi connectivity index (χ4n) is 3.59. The molecule has 0 spiro atoms. The summed E-state index contributed by atoms with van der Waals surface area (Å²) < 4.78 is 0. The number of hydrogen-bond donors (Lipinski definition) is 0. The van der Waals surface area contributed by atoms with Gasteiger partial charge in [-0.15, -0.1) is 0 Å². The molecule has 0 saturated heterocycles. The second-order valence-electron chi connectivity index (χ2n) is 9.72. The summed E-state index contributed by atoms with van der Waals surface area (Å²) >= 11 is 0. The van der Waals surface area contributed by atoms with Crippen molar-refractivity contribution >= 4 is 0 Å². The molecule has 1 aliphatic carbocycles. The standard InChI is InChI=1S/C19H38O4/c1-10-11-18(8,9)21-23-19(22-20-16(3,4)5)13-15(2)12-17(6,7)14-19/h15H,10-14H2,1-9H3. The molecule has 23 heavy (non-hydrogen) atoms. The van der Waals surface area contributed by atoms with E-state index in [4.69, 9.17) is 19.6 Å². The average Bonchev–Trinajstić information content (AvgIpc) is 2.31. The van der Waals surface area contributed by atoms with Crippen molar-refractivity contribution in [3.8, 4) is 0 Å². The molecule has 138 valence electrons. The van der Waals surface area contributed by atoms with Gasteiger partial charge in [-0.05, 0) is 58.8 Å². The molecule has 0 aromatic heterocycles. The molecule has 1 aliphatic rings. The summed E-state index contributed by atoms with van der Waals surface area (Å²) in [5.41, 5.74) is -0.602. The molecule has 1 rings (SSSR count). The van der Waals surface area contributed by atoms with Gasteiger partial charge in [-0.25, -0.2) is 9.78 Å². The van der Waals surface area contributed by atoms with Crippen LogP contribution in [0.5, 0.6) is 0 Å². The van der Waals surface area contributed by atoms with Crippen LogP contribution in [-0.4, -0.2) is 17.0 Å². The van der Waals surface area contributed by atoms with E-state index < -0.39 is 5.79 Å². The summed E-state index contributed by atoms with van der Waals surface area (Å²) in [6, 6.07) is 0. The van der Waals surface area contributed by atoms with Crippen LogP contribution >= 0.6 is 0 Å². The molecular weight excluding hydrogens is 292 g/mol. The highest BCUT2D eigenvalue weighted by molar-refractivity contribution is 4.88. The topological polar surface area (TPSA) is 36.9 Å². The maximum absolute atomic E-state index is 5.94. The highest BCUT2D eigenvalue weighted by atomic mass is 17.3. The molecule has 1 saturated carbocycles. The molecule has 0 N–H and O–H groups in total. The molecule has 4 heteroatoms. The zero-order valence-corrected chi connectivity index (χ0v) is 16.7. The first-order valence-electron chi connectivity index (χ1n) is 9.02. The Morgan fingerprint density at radius 3 is 2.00 bits per heavy atom. The number of rotatable bonds is 7. The van der Waals surface area contributed by atoms with Crippen molar-refractivity contribution in [2.24, 2.45) is 11.3 Å². The van der Waals surface area contributed by atoms with Crippen LogP contribution in [-0.2, 0) is 19.6 Å². The normalized spacial score (nSPS) is 28.8. The van der Waals surface area contributed by atoms with Crippen molar-refractivity contribution in [3.63, 3.8) is 0 Å². The van der Waals surface area contributed by atoms with Crippen molar-refractivity contribution in [1.82, 2.24) is 0 Å². The fourth-order valence-corrected chi connectivity index (χ4v) is 3.59. The lowest BCUT2D eigenvalue weighted by Crippen LogP contribution is -2.49. The SMILES string of the molecule is CCCC(C)(C)OOC1(OOC(C)(C)C)CC(C)CC(C)(C)C1. The summed E-state index contributed by atoms with van der Waals surface area (Å²) in [4.78, 5) is 23.3. The Labute approximate surface area is 143 Å². The molecule has 2 unspecified atom stereocenters. The van der Waals surface area contributed by atoms with Gasteiger partial charge in [0.1, 0.15) is 0 Å². The largest absolute Gasteiger partial charge is 0.234 e. The maximum atomic E-state index is 5.94. The van der Waals surface area contributed by atoms with E-state index in [1.54, 1.807) is 0 Å². The molecule has 0 aromatic rings. The van der Waals surface area contributed by atoms with Crippen LogP contribution in [0, 0.1) is 11.3 Å². The molecule has 1 fully saturated rings. The van der Waals surface area contributed by atoms with Gasteiger partial charge in [0, 0.05) is 12.8 Å². The van der Waals surface area contributed by atoms with Crippen LogP contribution in [0.15, 0.2) is 0 Å². The molecule has 0 heterocycles. The van der Waals surface area contributed by atoms with E-state index in [9.17, 15) is 0 Å². The molecule has 0 bridgehead atoms. The third kappa shape index (κ3) is 7.51. The van der Waals surface area contributed by atoms with E-state index in [0.29, 0.717) is 5.92 Å². The molecule has 0 aliphatic heterocycles.